The number of nitrogens with zero attached hydrogens (tertiary/aromatic N) is 4. The molecule has 0 saturated heterocycles. The molecule has 0 fully saturated rings. The third-order valence-electron chi connectivity index (χ3n) is 4.64. The molecule has 1 heterocycles. The quantitative estimate of drug-likeness (QED) is 0.412. The van der Waals surface area contributed by atoms with Crippen LogP contribution in [0.2, 0.25) is 0 Å². The molecule has 0 amide bonds. The highest BCUT2D eigenvalue weighted by molar-refractivity contribution is 5.71. The van der Waals surface area contributed by atoms with Gasteiger partial charge in [0, 0.05) is 31.2 Å². The van der Waals surface area contributed by atoms with Gasteiger partial charge in [-0.2, -0.15) is 0 Å². The minimum atomic E-state index is 0.124. The minimum absolute atomic E-state index is 0.124. The monoisotopic (exact) mass is 347 g/mol. The second kappa shape index (κ2) is 7.79. The van der Waals surface area contributed by atoms with Crippen molar-refractivity contribution in [2.45, 2.75) is 25.7 Å². The number of aryl methyl sites for hydroxylation is 2. The van der Waals surface area contributed by atoms with Gasteiger partial charge < -0.3 is 20.5 Å². The van der Waals surface area contributed by atoms with Gasteiger partial charge in [-0.05, 0) is 49.4 Å². The molecular formula is C17H25N5O3. The van der Waals surface area contributed by atoms with Crippen LogP contribution in [0.4, 0.5) is 5.95 Å². The molecule has 8 nitrogen and oxygen atoms in total. The van der Waals surface area contributed by atoms with Crippen molar-refractivity contribution >= 4 is 17.0 Å². The van der Waals surface area contributed by atoms with Crippen LogP contribution in [0.5, 0.6) is 0 Å². The van der Waals surface area contributed by atoms with E-state index in [4.69, 9.17) is 4.74 Å². The summed E-state index contributed by atoms with van der Waals surface area (Å²) in [4.78, 5) is 2.28. The van der Waals surface area contributed by atoms with Crippen molar-refractivity contribution in [1.82, 2.24) is 10.4 Å². The van der Waals surface area contributed by atoms with Gasteiger partial charge in [-0.1, -0.05) is 0 Å². The second-order valence-corrected chi connectivity index (χ2v) is 6.45. The lowest BCUT2D eigenvalue weighted by atomic mass is 10.1. The van der Waals surface area contributed by atoms with Crippen molar-refractivity contribution in [3.05, 3.63) is 33.7 Å². The third-order valence-corrected chi connectivity index (χ3v) is 4.64. The molecule has 1 aromatic heterocycles. The van der Waals surface area contributed by atoms with E-state index in [1.54, 1.807) is 19.1 Å². The van der Waals surface area contributed by atoms with Crippen LogP contribution in [0, 0.1) is 10.4 Å². The van der Waals surface area contributed by atoms with E-state index in [9.17, 15) is 10.4 Å². The molecule has 2 aromatic rings. The van der Waals surface area contributed by atoms with Crippen LogP contribution in [0.1, 0.15) is 24.0 Å². The molecule has 1 N–H and O–H groups in total. The Kier molecular flexibility index (Phi) is 5.50. The molecule has 0 aliphatic heterocycles. The molecule has 3 rings (SSSR count). The van der Waals surface area contributed by atoms with Crippen molar-refractivity contribution in [2.75, 3.05) is 45.3 Å². The summed E-state index contributed by atoms with van der Waals surface area (Å²) in [5, 5.41) is 32.2. The molecule has 25 heavy (non-hydrogen) atoms. The fraction of sp³-hybridized carbons (Fsp3) is 0.588. The first kappa shape index (κ1) is 17.6. The Balaban J connectivity index is 1.75. The van der Waals surface area contributed by atoms with Crippen molar-refractivity contribution < 1.29 is 14.3 Å². The van der Waals surface area contributed by atoms with Crippen LogP contribution in [0.25, 0.3) is 11.0 Å². The predicted molar refractivity (Wildman–Crippen MR) is 94.3 cm³/mol. The molecule has 0 saturated carbocycles. The lowest BCUT2D eigenvalue weighted by Gasteiger charge is -2.17. The Morgan fingerprint density at radius 1 is 1.20 bits per heavy atom. The molecule has 0 bridgehead atoms. The highest BCUT2D eigenvalue weighted by atomic mass is 16.5. The Hall–Kier alpha value is -2.19. The topological polar surface area (TPSA) is 91.3 Å². The maximum absolute atomic E-state index is 12.7. The number of fused-ring (bicyclic) bond motifs is 2. The number of rotatable bonds is 8. The van der Waals surface area contributed by atoms with E-state index in [1.165, 1.54) is 0 Å². The van der Waals surface area contributed by atoms with Crippen molar-refractivity contribution in [3.63, 3.8) is 0 Å². The molecule has 136 valence electrons. The number of benzene rings is 1. The van der Waals surface area contributed by atoms with Gasteiger partial charge in [-0.3, -0.25) is 4.90 Å². The Morgan fingerprint density at radius 3 is 2.64 bits per heavy atom. The number of methoxy groups -OCH3 is 1. The molecule has 1 aliphatic rings. The lowest BCUT2D eigenvalue weighted by molar-refractivity contribution is -0.673. The van der Waals surface area contributed by atoms with Crippen LogP contribution in [-0.4, -0.2) is 45.5 Å². The number of likely N-dealkylation sites (N-methyl/N-ethyl adjacent to an activating group) is 1. The predicted octanol–water partition coefficient (Wildman–Crippen LogP) is 0.0526. The van der Waals surface area contributed by atoms with Gasteiger partial charge in [0.15, 0.2) is 5.52 Å². The smallest absolute Gasteiger partial charge is 0.463 e. The molecule has 0 radical (unpaired) electrons. The van der Waals surface area contributed by atoms with E-state index in [0.29, 0.717) is 29.0 Å². The number of nitrogens with one attached hydrogen (secondary N) is 1. The van der Waals surface area contributed by atoms with E-state index in [-0.39, 0.29) is 5.95 Å². The SMILES string of the molecule is COCCCNCCN(C)c1n[n+]([O-])c2cc3c(cc2[n+]1[O-])CCC3. The first-order valence-corrected chi connectivity index (χ1v) is 8.71. The summed E-state index contributed by atoms with van der Waals surface area (Å²) in [7, 11) is 3.45. The average Bonchev–Trinajstić information content (AvgIpc) is 3.07. The summed E-state index contributed by atoms with van der Waals surface area (Å²) < 4.78 is 5.77. The van der Waals surface area contributed by atoms with Crippen LogP contribution in [-0.2, 0) is 17.6 Å². The Morgan fingerprint density at radius 2 is 1.92 bits per heavy atom. The van der Waals surface area contributed by atoms with E-state index < -0.39 is 0 Å². The number of anilines is 1. The summed E-state index contributed by atoms with van der Waals surface area (Å²) in [5.74, 6) is 0.124. The van der Waals surface area contributed by atoms with Gasteiger partial charge >= 0.3 is 5.95 Å². The van der Waals surface area contributed by atoms with E-state index in [2.05, 4.69) is 10.4 Å². The van der Waals surface area contributed by atoms with Crippen molar-refractivity contribution in [1.29, 1.82) is 0 Å². The first-order valence-electron chi connectivity index (χ1n) is 8.71. The molecular weight excluding hydrogens is 322 g/mol. The van der Waals surface area contributed by atoms with E-state index in [0.717, 1.165) is 54.7 Å². The fourth-order valence-electron chi connectivity index (χ4n) is 3.24. The van der Waals surface area contributed by atoms with Gasteiger partial charge in [0.1, 0.15) is 0 Å². The highest BCUT2D eigenvalue weighted by Crippen LogP contribution is 2.24. The highest BCUT2D eigenvalue weighted by Gasteiger charge is 2.26. The number of ether oxygens (including phenoxy) is 1. The zero-order chi connectivity index (χ0) is 17.8. The largest absolute Gasteiger partial charge is 0.739 e. The first-order chi connectivity index (χ1) is 12.1. The number of hydrogen-bond donors (Lipinski definition) is 1. The zero-order valence-corrected chi connectivity index (χ0v) is 14.8. The van der Waals surface area contributed by atoms with Crippen LogP contribution in [0.3, 0.4) is 0 Å². The second-order valence-electron chi connectivity index (χ2n) is 6.45. The van der Waals surface area contributed by atoms with Crippen molar-refractivity contribution in [3.8, 4) is 0 Å². The van der Waals surface area contributed by atoms with Gasteiger partial charge in [0.2, 0.25) is 5.10 Å². The van der Waals surface area contributed by atoms with Crippen molar-refractivity contribution in [2.24, 2.45) is 0 Å². The van der Waals surface area contributed by atoms with Gasteiger partial charge in [-0.15, -0.1) is 0 Å². The summed E-state index contributed by atoms with van der Waals surface area (Å²) in [5.41, 5.74) is 3.04. The van der Waals surface area contributed by atoms with E-state index >= 15 is 0 Å². The molecule has 1 aromatic carbocycles. The summed E-state index contributed by atoms with van der Waals surface area (Å²) in [6.07, 6.45) is 3.92. The molecule has 0 spiro atoms. The average molecular weight is 347 g/mol. The maximum atomic E-state index is 12.7. The van der Waals surface area contributed by atoms with Crippen LogP contribution >= 0.6 is 0 Å². The Bertz CT molecular complexity index is 753. The maximum Gasteiger partial charge on any atom is 0.463 e. The van der Waals surface area contributed by atoms with Gasteiger partial charge in [0.25, 0.3) is 5.52 Å². The van der Waals surface area contributed by atoms with Crippen LogP contribution < -0.4 is 19.8 Å². The summed E-state index contributed by atoms with van der Waals surface area (Å²) >= 11 is 0. The van der Waals surface area contributed by atoms with Crippen LogP contribution in [0.15, 0.2) is 12.1 Å². The standard InChI is InChI=1S/C17H25N5O3/c1-20(9-8-18-7-4-10-25-2)17-19-22(24)16-12-14-6-3-5-13(14)11-15(16)21(17)23/h11-12,18H,3-10H2,1-2H3. The zero-order valence-electron chi connectivity index (χ0n) is 14.8. The fourth-order valence-corrected chi connectivity index (χ4v) is 3.24. The molecule has 1 aliphatic carbocycles. The normalized spacial score (nSPS) is 13.4. The number of aromatic nitrogens is 3. The van der Waals surface area contributed by atoms with E-state index in [1.807, 2.05) is 12.1 Å². The lowest BCUT2D eigenvalue weighted by Crippen LogP contribution is -2.48. The summed E-state index contributed by atoms with van der Waals surface area (Å²) in [6.45, 7) is 2.84. The molecule has 0 unspecified atom stereocenters. The summed E-state index contributed by atoms with van der Waals surface area (Å²) in [6, 6.07) is 3.66. The molecule has 0 atom stereocenters. The van der Waals surface area contributed by atoms with Gasteiger partial charge in [0.05, 0.1) is 13.6 Å². The van der Waals surface area contributed by atoms with Gasteiger partial charge in [-0.25, -0.2) is 4.73 Å². The Labute approximate surface area is 147 Å². The molecule has 8 heteroatoms. The number of hydrogen-bond acceptors (Lipinski definition) is 6. The minimum Gasteiger partial charge on any atom is -0.739 e. The third kappa shape index (κ3) is 3.74.